The average molecular weight is 355 g/mol. The molecular formula is C19H21N3O4. The molecule has 0 unspecified atom stereocenters. The highest BCUT2D eigenvalue weighted by Gasteiger charge is 2.16. The van der Waals surface area contributed by atoms with Gasteiger partial charge in [-0.15, -0.1) is 0 Å². The molecule has 0 radical (unpaired) electrons. The molecule has 26 heavy (non-hydrogen) atoms. The molecule has 0 aromatic heterocycles. The minimum absolute atomic E-state index is 0.329. The Morgan fingerprint density at radius 1 is 0.923 bits per heavy atom. The minimum atomic E-state index is -0.838. The molecule has 7 heteroatoms. The maximum atomic E-state index is 11.9. The molecule has 0 aliphatic rings. The molecule has 2 aromatic carbocycles. The highest BCUT2D eigenvalue weighted by molar-refractivity contribution is 6.35. The lowest BCUT2D eigenvalue weighted by Gasteiger charge is -2.13. The molecule has 7 nitrogen and oxygen atoms in total. The zero-order valence-corrected chi connectivity index (χ0v) is 14.9. The number of ether oxygens (including phenoxy) is 2. The van der Waals surface area contributed by atoms with Gasteiger partial charge in [-0.25, -0.2) is 5.43 Å². The van der Waals surface area contributed by atoms with Gasteiger partial charge in [0.1, 0.15) is 11.5 Å². The first-order chi connectivity index (χ1) is 12.5. The van der Waals surface area contributed by atoms with Gasteiger partial charge in [0.15, 0.2) is 0 Å². The highest BCUT2D eigenvalue weighted by Crippen LogP contribution is 2.17. The third-order valence-corrected chi connectivity index (χ3v) is 3.67. The number of hydrogen-bond donors (Lipinski definition) is 2. The maximum Gasteiger partial charge on any atom is 0.329 e. The molecule has 2 rings (SSSR count). The van der Waals surface area contributed by atoms with Crippen LogP contribution in [0.25, 0.3) is 0 Å². The van der Waals surface area contributed by atoms with E-state index in [-0.39, 0.29) is 6.04 Å². The van der Waals surface area contributed by atoms with Crippen LogP contribution in [0, 0.1) is 0 Å². The van der Waals surface area contributed by atoms with E-state index >= 15 is 0 Å². The van der Waals surface area contributed by atoms with Gasteiger partial charge in [-0.2, -0.15) is 5.10 Å². The molecule has 0 aliphatic carbocycles. The molecule has 2 amide bonds. The molecule has 2 N–H and O–H groups in total. The Kier molecular flexibility index (Phi) is 6.73. The molecular weight excluding hydrogens is 334 g/mol. The Morgan fingerprint density at radius 2 is 1.46 bits per heavy atom. The molecule has 0 bridgehead atoms. The van der Waals surface area contributed by atoms with Crippen LogP contribution in [0.3, 0.4) is 0 Å². The summed E-state index contributed by atoms with van der Waals surface area (Å²) in [6, 6.07) is 14.0. The van der Waals surface area contributed by atoms with Crippen LogP contribution in [0.15, 0.2) is 53.6 Å². The van der Waals surface area contributed by atoms with E-state index in [1.165, 1.54) is 6.21 Å². The lowest BCUT2D eigenvalue weighted by molar-refractivity contribution is -0.139. The van der Waals surface area contributed by atoms with Gasteiger partial charge >= 0.3 is 11.8 Å². The summed E-state index contributed by atoms with van der Waals surface area (Å²) < 4.78 is 10.1. The van der Waals surface area contributed by atoms with Crippen LogP contribution in [0.2, 0.25) is 0 Å². The van der Waals surface area contributed by atoms with Gasteiger partial charge in [0, 0.05) is 0 Å². The SMILES string of the molecule is COc1ccc(/C=N\NC(=O)C(=O)N[C@H](C)c2ccc(OC)cc2)cc1. The fourth-order valence-electron chi connectivity index (χ4n) is 2.14. The van der Waals surface area contributed by atoms with Gasteiger partial charge in [-0.1, -0.05) is 12.1 Å². The van der Waals surface area contributed by atoms with E-state index in [4.69, 9.17) is 9.47 Å². The summed E-state index contributed by atoms with van der Waals surface area (Å²) in [6.07, 6.45) is 1.44. The Balaban J connectivity index is 1.85. The van der Waals surface area contributed by atoms with Crippen LogP contribution in [0.5, 0.6) is 11.5 Å². The summed E-state index contributed by atoms with van der Waals surface area (Å²) >= 11 is 0. The maximum absolute atomic E-state index is 11.9. The fraction of sp³-hybridized carbons (Fsp3) is 0.211. The van der Waals surface area contributed by atoms with E-state index in [0.717, 1.165) is 22.6 Å². The number of hydrazone groups is 1. The van der Waals surface area contributed by atoms with Crippen LogP contribution in [-0.4, -0.2) is 32.2 Å². The van der Waals surface area contributed by atoms with Gasteiger partial charge in [0.2, 0.25) is 0 Å². The quantitative estimate of drug-likeness (QED) is 0.471. The molecule has 0 heterocycles. The number of hydrogen-bond acceptors (Lipinski definition) is 5. The summed E-state index contributed by atoms with van der Waals surface area (Å²) in [5, 5.41) is 6.39. The van der Waals surface area contributed by atoms with E-state index in [9.17, 15) is 9.59 Å². The van der Waals surface area contributed by atoms with Gasteiger partial charge in [-0.05, 0) is 54.4 Å². The van der Waals surface area contributed by atoms with Crippen molar-refractivity contribution in [2.24, 2.45) is 5.10 Å². The van der Waals surface area contributed by atoms with Crippen molar-refractivity contribution in [1.29, 1.82) is 0 Å². The van der Waals surface area contributed by atoms with E-state index < -0.39 is 11.8 Å². The van der Waals surface area contributed by atoms with Crippen molar-refractivity contribution in [3.63, 3.8) is 0 Å². The normalized spacial score (nSPS) is 11.7. The number of rotatable bonds is 6. The lowest BCUT2D eigenvalue weighted by Crippen LogP contribution is -2.39. The number of carbonyl (C=O) groups excluding carboxylic acids is 2. The number of benzene rings is 2. The molecule has 0 aliphatic heterocycles. The molecule has 0 fully saturated rings. The van der Waals surface area contributed by atoms with Gasteiger partial charge in [-0.3, -0.25) is 9.59 Å². The summed E-state index contributed by atoms with van der Waals surface area (Å²) in [4.78, 5) is 23.8. The van der Waals surface area contributed by atoms with Crippen LogP contribution in [0.1, 0.15) is 24.1 Å². The Hall–Kier alpha value is -3.35. The predicted molar refractivity (Wildman–Crippen MR) is 98.3 cm³/mol. The molecule has 136 valence electrons. The van der Waals surface area contributed by atoms with Crippen LogP contribution in [-0.2, 0) is 9.59 Å². The number of methoxy groups -OCH3 is 2. The number of carbonyl (C=O) groups is 2. The molecule has 0 saturated heterocycles. The number of nitrogens with one attached hydrogen (secondary N) is 2. The monoisotopic (exact) mass is 355 g/mol. The molecule has 1 atom stereocenters. The van der Waals surface area contributed by atoms with Crippen molar-refractivity contribution in [3.05, 3.63) is 59.7 Å². The second kappa shape index (κ2) is 9.22. The fourth-order valence-corrected chi connectivity index (χ4v) is 2.14. The summed E-state index contributed by atoms with van der Waals surface area (Å²) in [5.41, 5.74) is 3.82. The second-order valence-electron chi connectivity index (χ2n) is 5.44. The van der Waals surface area contributed by atoms with E-state index in [0.29, 0.717) is 0 Å². The second-order valence-corrected chi connectivity index (χ2v) is 5.44. The van der Waals surface area contributed by atoms with Crippen molar-refractivity contribution < 1.29 is 19.1 Å². The van der Waals surface area contributed by atoms with Crippen LogP contribution >= 0.6 is 0 Å². The first-order valence-electron chi connectivity index (χ1n) is 7.95. The largest absolute Gasteiger partial charge is 0.497 e. The van der Waals surface area contributed by atoms with Crippen LogP contribution < -0.4 is 20.2 Å². The third-order valence-electron chi connectivity index (χ3n) is 3.67. The van der Waals surface area contributed by atoms with Gasteiger partial charge < -0.3 is 14.8 Å². The van der Waals surface area contributed by atoms with E-state index in [1.807, 2.05) is 12.1 Å². The summed E-state index contributed by atoms with van der Waals surface area (Å²) in [7, 11) is 3.16. The topological polar surface area (TPSA) is 89.0 Å². The van der Waals surface area contributed by atoms with Crippen molar-refractivity contribution in [3.8, 4) is 11.5 Å². The first-order valence-corrected chi connectivity index (χ1v) is 7.95. The minimum Gasteiger partial charge on any atom is -0.497 e. The lowest BCUT2D eigenvalue weighted by atomic mass is 10.1. The first kappa shape index (κ1) is 19.0. The van der Waals surface area contributed by atoms with Gasteiger partial charge in [0.25, 0.3) is 0 Å². The standard InChI is InChI=1S/C19H21N3O4/c1-13(15-6-10-17(26-3)11-7-15)21-18(23)19(24)22-20-12-14-4-8-16(25-2)9-5-14/h4-13H,1-3H3,(H,21,23)(H,22,24)/b20-12-/t13-/m1/s1. The average Bonchev–Trinajstić information content (AvgIpc) is 2.68. The third kappa shape index (κ3) is 5.34. The van der Waals surface area contributed by atoms with E-state index in [1.54, 1.807) is 57.5 Å². The smallest absolute Gasteiger partial charge is 0.329 e. The summed E-state index contributed by atoms with van der Waals surface area (Å²) in [6.45, 7) is 1.79. The van der Waals surface area contributed by atoms with Crippen molar-refractivity contribution in [2.45, 2.75) is 13.0 Å². The molecule has 2 aromatic rings. The van der Waals surface area contributed by atoms with Crippen molar-refractivity contribution in [2.75, 3.05) is 14.2 Å². The zero-order valence-electron chi connectivity index (χ0n) is 14.9. The van der Waals surface area contributed by atoms with Gasteiger partial charge in [0.05, 0.1) is 26.5 Å². The Morgan fingerprint density at radius 3 is 2.00 bits per heavy atom. The Labute approximate surface area is 152 Å². The summed E-state index contributed by atoms with van der Waals surface area (Å²) in [5.74, 6) is -0.161. The highest BCUT2D eigenvalue weighted by atomic mass is 16.5. The van der Waals surface area contributed by atoms with Crippen LogP contribution in [0.4, 0.5) is 0 Å². The Bertz CT molecular complexity index is 770. The predicted octanol–water partition coefficient (Wildman–Crippen LogP) is 2.03. The van der Waals surface area contributed by atoms with E-state index in [2.05, 4.69) is 15.8 Å². The zero-order chi connectivity index (χ0) is 18.9. The molecule has 0 saturated carbocycles. The van der Waals surface area contributed by atoms with Crippen molar-refractivity contribution >= 4 is 18.0 Å². The number of nitrogens with zero attached hydrogens (tertiary/aromatic N) is 1. The van der Waals surface area contributed by atoms with Crippen molar-refractivity contribution in [1.82, 2.24) is 10.7 Å². The number of amides is 2. The molecule has 0 spiro atoms.